The topological polar surface area (TPSA) is 24.9 Å². The largest absolute Gasteiger partial charge is 0.309 e. The van der Waals surface area contributed by atoms with E-state index in [4.69, 9.17) is 0 Å². The Kier molecular flexibility index (Phi) is 3.67. The first-order valence-electron chi connectivity index (χ1n) is 6.97. The van der Waals surface area contributed by atoms with Crippen LogP contribution in [0, 0.1) is 6.92 Å². The number of aromatic nitrogens is 1. The highest BCUT2D eigenvalue weighted by molar-refractivity contribution is 7.11. The van der Waals surface area contributed by atoms with E-state index in [1.54, 1.807) is 11.3 Å². The fourth-order valence-corrected chi connectivity index (χ4v) is 3.61. The smallest absolute Gasteiger partial charge is 0.0897 e. The lowest BCUT2D eigenvalue weighted by Crippen LogP contribution is -2.16. The molecule has 3 rings (SSSR count). The first kappa shape index (κ1) is 12.8. The van der Waals surface area contributed by atoms with Crippen LogP contribution in [0.1, 0.15) is 52.2 Å². The predicted molar refractivity (Wildman–Crippen MR) is 80.8 cm³/mol. The molecule has 1 aliphatic rings. The van der Waals surface area contributed by atoms with Gasteiger partial charge in [-0.2, -0.15) is 0 Å². The molecule has 1 N–H and O–H groups in total. The average Bonchev–Trinajstić information content (AvgIpc) is 2.77. The monoisotopic (exact) mass is 272 g/mol. The molecule has 2 aromatic rings. The third kappa shape index (κ3) is 2.58. The molecule has 0 radical (unpaired) electrons. The van der Waals surface area contributed by atoms with Gasteiger partial charge in [-0.05, 0) is 43.9 Å². The summed E-state index contributed by atoms with van der Waals surface area (Å²) in [6, 6.07) is 9.41. The molecule has 0 aliphatic heterocycles. The van der Waals surface area contributed by atoms with E-state index in [-0.39, 0.29) is 6.04 Å². The van der Waals surface area contributed by atoms with Crippen LogP contribution in [-0.4, -0.2) is 12.0 Å². The van der Waals surface area contributed by atoms with E-state index in [1.165, 1.54) is 35.3 Å². The molecule has 1 unspecified atom stereocenters. The van der Waals surface area contributed by atoms with E-state index in [9.17, 15) is 0 Å². The van der Waals surface area contributed by atoms with E-state index in [0.29, 0.717) is 0 Å². The number of aryl methyl sites for hydroxylation is 1. The second-order valence-electron chi connectivity index (χ2n) is 5.30. The van der Waals surface area contributed by atoms with Gasteiger partial charge in [0.15, 0.2) is 0 Å². The predicted octanol–water partition coefficient (Wildman–Crippen LogP) is 4.03. The van der Waals surface area contributed by atoms with Gasteiger partial charge in [0.05, 0.1) is 11.0 Å². The molecule has 0 amide bonds. The summed E-state index contributed by atoms with van der Waals surface area (Å²) in [5.41, 5.74) is 2.83. The van der Waals surface area contributed by atoms with Crippen LogP contribution < -0.4 is 5.32 Å². The fourth-order valence-electron chi connectivity index (χ4n) is 2.69. The Balaban J connectivity index is 1.83. The van der Waals surface area contributed by atoms with Crippen molar-refractivity contribution in [1.29, 1.82) is 0 Å². The number of nitrogens with zero attached hydrogens (tertiary/aromatic N) is 1. The van der Waals surface area contributed by atoms with Crippen LogP contribution in [0.15, 0.2) is 30.5 Å². The summed E-state index contributed by atoms with van der Waals surface area (Å²) in [7, 11) is 2.01. The number of nitrogens with one attached hydrogen (secondary N) is 1. The highest BCUT2D eigenvalue weighted by Crippen LogP contribution is 2.37. The summed E-state index contributed by atoms with van der Waals surface area (Å²) in [6.45, 7) is 2.06. The lowest BCUT2D eigenvalue weighted by atomic mass is 9.80. The zero-order valence-electron chi connectivity index (χ0n) is 11.5. The van der Waals surface area contributed by atoms with Crippen LogP contribution in [-0.2, 0) is 0 Å². The van der Waals surface area contributed by atoms with Gasteiger partial charge in [0, 0.05) is 11.1 Å². The van der Waals surface area contributed by atoms with E-state index >= 15 is 0 Å². The van der Waals surface area contributed by atoms with Gasteiger partial charge in [0.2, 0.25) is 0 Å². The molecule has 0 bridgehead atoms. The van der Waals surface area contributed by atoms with E-state index in [0.717, 1.165) is 10.9 Å². The van der Waals surface area contributed by atoms with Crippen molar-refractivity contribution in [3.63, 3.8) is 0 Å². The van der Waals surface area contributed by atoms with Gasteiger partial charge in [-0.1, -0.05) is 30.7 Å². The Bertz CT molecular complexity index is 540. The van der Waals surface area contributed by atoms with Gasteiger partial charge in [-0.15, -0.1) is 11.3 Å². The van der Waals surface area contributed by atoms with Crippen molar-refractivity contribution in [1.82, 2.24) is 10.3 Å². The summed E-state index contributed by atoms with van der Waals surface area (Å²) in [6.07, 6.45) is 6.11. The summed E-state index contributed by atoms with van der Waals surface area (Å²) < 4.78 is 0. The molecule has 100 valence electrons. The number of hydrogen-bond acceptors (Lipinski definition) is 3. The van der Waals surface area contributed by atoms with Crippen molar-refractivity contribution in [2.45, 2.75) is 38.1 Å². The number of thiazole rings is 1. The van der Waals surface area contributed by atoms with Gasteiger partial charge >= 0.3 is 0 Å². The lowest BCUT2D eigenvalue weighted by Gasteiger charge is -2.26. The third-order valence-corrected chi connectivity index (χ3v) is 5.04. The summed E-state index contributed by atoms with van der Waals surface area (Å²) >= 11 is 1.77. The normalized spacial score (nSPS) is 17.2. The molecule has 1 aliphatic carbocycles. The standard InChI is InChI=1S/C16H20N2S/c1-11-18-10-15(19-11)16(17-2)14-8-6-13(7-9-14)12-4-3-5-12/h6-10,12,16-17H,3-5H2,1-2H3. The van der Waals surface area contributed by atoms with Crippen molar-refractivity contribution in [3.05, 3.63) is 51.5 Å². The van der Waals surface area contributed by atoms with Gasteiger partial charge in [0.25, 0.3) is 0 Å². The number of benzene rings is 1. The van der Waals surface area contributed by atoms with Gasteiger partial charge in [0.1, 0.15) is 0 Å². The minimum Gasteiger partial charge on any atom is -0.309 e. The number of hydrogen-bond donors (Lipinski definition) is 1. The average molecular weight is 272 g/mol. The van der Waals surface area contributed by atoms with Crippen molar-refractivity contribution < 1.29 is 0 Å². The summed E-state index contributed by atoms with van der Waals surface area (Å²) in [5.74, 6) is 0.813. The van der Waals surface area contributed by atoms with E-state index < -0.39 is 0 Å². The summed E-state index contributed by atoms with van der Waals surface area (Å²) in [5, 5.41) is 4.52. The van der Waals surface area contributed by atoms with Crippen molar-refractivity contribution >= 4 is 11.3 Å². The van der Waals surface area contributed by atoms with E-state index in [1.807, 2.05) is 13.2 Å². The molecule has 0 spiro atoms. The highest BCUT2D eigenvalue weighted by atomic mass is 32.1. The quantitative estimate of drug-likeness (QED) is 0.909. The minimum absolute atomic E-state index is 0.265. The SMILES string of the molecule is CNC(c1ccc(C2CCC2)cc1)c1cnc(C)s1. The molecule has 1 atom stereocenters. The van der Waals surface area contributed by atoms with Crippen LogP contribution in [0.3, 0.4) is 0 Å². The zero-order valence-corrected chi connectivity index (χ0v) is 12.3. The molecule has 19 heavy (non-hydrogen) atoms. The summed E-state index contributed by atoms with van der Waals surface area (Å²) in [4.78, 5) is 5.65. The Morgan fingerprint density at radius 2 is 2.00 bits per heavy atom. The van der Waals surface area contributed by atoms with Gasteiger partial charge in [-0.3, -0.25) is 0 Å². The second-order valence-corrected chi connectivity index (χ2v) is 6.56. The highest BCUT2D eigenvalue weighted by Gasteiger charge is 2.20. The maximum atomic E-state index is 4.36. The molecular formula is C16H20N2S. The molecule has 3 heteroatoms. The van der Waals surface area contributed by atoms with E-state index in [2.05, 4.69) is 41.5 Å². The third-order valence-electron chi connectivity index (χ3n) is 4.06. The first-order valence-corrected chi connectivity index (χ1v) is 7.79. The molecule has 1 aromatic carbocycles. The van der Waals surface area contributed by atoms with Crippen molar-refractivity contribution in [2.75, 3.05) is 7.05 Å². The molecule has 1 heterocycles. The maximum absolute atomic E-state index is 4.36. The van der Waals surface area contributed by atoms with Gasteiger partial charge < -0.3 is 5.32 Å². The molecule has 1 saturated carbocycles. The Morgan fingerprint density at radius 3 is 2.47 bits per heavy atom. The minimum atomic E-state index is 0.265. The molecule has 0 saturated heterocycles. The Hall–Kier alpha value is -1.19. The number of rotatable bonds is 4. The molecular weight excluding hydrogens is 252 g/mol. The molecule has 1 aromatic heterocycles. The van der Waals surface area contributed by atoms with Crippen molar-refractivity contribution in [2.24, 2.45) is 0 Å². The van der Waals surface area contributed by atoms with Crippen LogP contribution in [0.5, 0.6) is 0 Å². The van der Waals surface area contributed by atoms with Crippen LogP contribution in [0.2, 0.25) is 0 Å². The Labute approximate surface area is 118 Å². The second kappa shape index (κ2) is 5.43. The lowest BCUT2D eigenvalue weighted by molar-refractivity contribution is 0.419. The van der Waals surface area contributed by atoms with Crippen LogP contribution in [0.4, 0.5) is 0 Å². The Morgan fingerprint density at radius 1 is 1.26 bits per heavy atom. The fraction of sp³-hybridized carbons (Fsp3) is 0.438. The van der Waals surface area contributed by atoms with Crippen LogP contribution >= 0.6 is 11.3 Å². The first-order chi connectivity index (χ1) is 9.28. The van der Waals surface area contributed by atoms with Crippen LogP contribution in [0.25, 0.3) is 0 Å². The maximum Gasteiger partial charge on any atom is 0.0897 e. The zero-order chi connectivity index (χ0) is 13.2. The van der Waals surface area contributed by atoms with Crippen molar-refractivity contribution in [3.8, 4) is 0 Å². The van der Waals surface area contributed by atoms with Gasteiger partial charge in [-0.25, -0.2) is 4.98 Å². The molecule has 2 nitrogen and oxygen atoms in total. The molecule has 1 fully saturated rings.